The largest absolute Gasteiger partial charge is 0.496 e. The molecule has 0 spiro atoms. The minimum absolute atomic E-state index is 0.0129. The second kappa shape index (κ2) is 8.85. The molecule has 2 aromatic rings. The van der Waals surface area contributed by atoms with E-state index in [1.807, 2.05) is 0 Å². The van der Waals surface area contributed by atoms with Crippen LogP contribution in [0.1, 0.15) is 23.1 Å². The fraction of sp³-hybridized carbons (Fsp3) is 0.318. The molecule has 11 heteroatoms. The molecule has 33 heavy (non-hydrogen) atoms. The van der Waals surface area contributed by atoms with Crippen molar-refractivity contribution in [3.8, 4) is 23.3 Å². The summed E-state index contributed by atoms with van der Waals surface area (Å²) in [6.07, 6.45) is -0.565. The van der Waals surface area contributed by atoms with Crippen LogP contribution in [-0.2, 0) is 4.74 Å². The van der Waals surface area contributed by atoms with E-state index < -0.39 is 17.1 Å². The summed E-state index contributed by atoms with van der Waals surface area (Å²) in [6, 6.07) is 11.5. The highest BCUT2D eigenvalue weighted by Crippen LogP contribution is 2.51. The molecule has 11 nitrogen and oxygen atoms in total. The minimum Gasteiger partial charge on any atom is -0.496 e. The molecule has 2 heterocycles. The van der Waals surface area contributed by atoms with E-state index >= 15 is 0 Å². The highest BCUT2D eigenvalue weighted by molar-refractivity contribution is 5.56. The minimum atomic E-state index is -0.565. The van der Waals surface area contributed by atoms with E-state index in [9.17, 15) is 15.4 Å². The van der Waals surface area contributed by atoms with E-state index in [1.54, 1.807) is 24.3 Å². The van der Waals surface area contributed by atoms with Gasteiger partial charge in [-0.2, -0.15) is 5.26 Å². The van der Waals surface area contributed by atoms with Gasteiger partial charge in [-0.1, -0.05) is 12.1 Å². The van der Waals surface area contributed by atoms with Crippen LogP contribution in [0, 0.1) is 27.4 Å². The zero-order valence-corrected chi connectivity index (χ0v) is 18.2. The molecule has 172 valence electrons. The summed E-state index contributed by atoms with van der Waals surface area (Å²) in [7, 11) is 4.57. The number of non-ortho nitro benzene ring substituents is 1. The molecule has 2 aliphatic rings. The van der Waals surface area contributed by atoms with Crippen molar-refractivity contribution in [2.24, 2.45) is 11.7 Å². The first-order chi connectivity index (χ1) is 15.9. The van der Waals surface area contributed by atoms with Gasteiger partial charge in [-0.25, -0.2) is 10.9 Å². The monoisotopic (exact) mass is 453 g/mol. The van der Waals surface area contributed by atoms with E-state index in [1.165, 1.54) is 33.5 Å². The van der Waals surface area contributed by atoms with Gasteiger partial charge >= 0.3 is 0 Å². The number of benzene rings is 2. The maximum atomic E-state index is 11.1. The summed E-state index contributed by atoms with van der Waals surface area (Å²) in [5.41, 5.74) is 14.1. The van der Waals surface area contributed by atoms with Gasteiger partial charge in [-0.05, 0) is 11.6 Å². The Hall–Kier alpha value is -4.01. The number of nitriles is 1. The zero-order valence-electron chi connectivity index (χ0n) is 18.2. The molecule has 1 saturated heterocycles. The van der Waals surface area contributed by atoms with Crippen molar-refractivity contribution >= 4 is 5.69 Å². The van der Waals surface area contributed by atoms with Crippen molar-refractivity contribution in [1.82, 2.24) is 10.9 Å². The third kappa shape index (κ3) is 3.75. The Bertz CT molecular complexity index is 1140. The topological polar surface area (TPSA) is 154 Å². The van der Waals surface area contributed by atoms with Gasteiger partial charge in [0.05, 0.1) is 37.9 Å². The van der Waals surface area contributed by atoms with E-state index in [2.05, 4.69) is 16.9 Å². The normalized spacial score (nSPS) is 23.8. The quantitative estimate of drug-likeness (QED) is 0.438. The summed E-state index contributed by atoms with van der Waals surface area (Å²) in [5, 5.41) is 21.0. The number of hydrazine groups is 1. The van der Waals surface area contributed by atoms with Gasteiger partial charge in [-0.15, -0.1) is 0 Å². The van der Waals surface area contributed by atoms with Crippen LogP contribution < -0.4 is 30.8 Å². The molecule has 1 fully saturated rings. The summed E-state index contributed by atoms with van der Waals surface area (Å²) in [4.78, 5) is 10.6. The van der Waals surface area contributed by atoms with Crippen LogP contribution in [0.15, 0.2) is 47.9 Å². The SMILES string of the molecule is COc1cc(OC)c(C2C(C#N)=C(N)OC3NNC(c4ccc([N+](=O)[O-])cc4)C32)cc1OC. The highest BCUT2D eigenvalue weighted by Gasteiger charge is 2.50. The van der Waals surface area contributed by atoms with Gasteiger partial charge in [0.2, 0.25) is 5.88 Å². The molecule has 0 radical (unpaired) electrons. The number of hydrogen-bond donors (Lipinski definition) is 3. The lowest BCUT2D eigenvalue weighted by Crippen LogP contribution is -2.41. The molecule has 4 atom stereocenters. The van der Waals surface area contributed by atoms with Crippen molar-refractivity contribution in [1.29, 1.82) is 5.26 Å². The molecule has 0 aromatic heterocycles. The van der Waals surface area contributed by atoms with E-state index in [-0.39, 0.29) is 29.1 Å². The molecule has 0 bridgehead atoms. The van der Waals surface area contributed by atoms with Crippen molar-refractivity contribution in [2.45, 2.75) is 18.2 Å². The van der Waals surface area contributed by atoms with Crippen LogP contribution in [0.2, 0.25) is 0 Å². The number of nitrogens with one attached hydrogen (secondary N) is 2. The molecule has 2 aliphatic heterocycles. The zero-order chi connectivity index (χ0) is 23.7. The average Bonchev–Trinajstić information content (AvgIpc) is 3.25. The molecule has 0 amide bonds. The Morgan fingerprint density at radius 2 is 1.70 bits per heavy atom. The maximum Gasteiger partial charge on any atom is 0.269 e. The molecule has 0 aliphatic carbocycles. The molecule has 2 aromatic carbocycles. The van der Waals surface area contributed by atoms with Crippen molar-refractivity contribution in [2.75, 3.05) is 21.3 Å². The number of nitrogens with zero attached hydrogens (tertiary/aromatic N) is 2. The summed E-state index contributed by atoms with van der Waals surface area (Å²) < 4.78 is 22.3. The third-order valence-electron chi connectivity index (χ3n) is 5.99. The maximum absolute atomic E-state index is 11.1. The first kappa shape index (κ1) is 22.2. The lowest BCUT2D eigenvalue weighted by atomic mass is 9.73. The second-order valence-electron chi connectivity index (χ2n) is 7.55. The number of hydrogen-bond acceptors (Lipinski definition) is 10. The number of nitro benzene ring substituents is 1. The summed E-state index contributed by atoms with van der Waals surface area (Å²) >= 11 is 0. The fourth-order valence-electron chi connectivity index (χ4n) is 4.45. The average molecular weight is 453 g/mol. The Morgan fingerprint density at radius 3 is 2.27 bits per heavy atom. The molecule has 4 rings (SSSR count). The molecule has 4 N–H and O–H groups in total. The number of ether oxygens (including phenoxy) is 4. The number of fused-ring (bicyclic) bond motifs is 1. The van der Waals surface area contributed by atoms with Crippen molar-refractivity contribution in [3.05, 3.63) is 69.1 Å². The Morgan fingerprint density at radius 1 is 1.06 bits per heavy atom. The molecule has 4 unspecified atom stereocenters. The second-order valence-corrected chi connectivity index (χ2v) is 7.55. The van der Waals surface area contributed by atoms with E-state index in [0.29, 0.717) is 22.8 Å². The van der Waals surface area contributed by atoms with Crippen LogP contribution in [0.4, 0.5) is 5.69 Å². The van der Waals surface area contributed by atoms with Gasteiger partial charge < -0.3 is 24.7 Å². The molecular weight excluding hydrogens is 430 g/mol. The van der Waals surface area contributed by atoms with Crippen LogP contribution in [-0.4, -0.2) is 32.5 Å². The smallest absolute Gasteiger partial charge is 0.269 e. The van der Waals surface area contributed by atoms with E-state index in [0.717, 1.165) is 5.56 Å². The van der Waals surface area contributed by atoms with Gasteiger partial charge in [0.25, 0.3) is 5.69 Å². The number of methoxy groups -OCH3 is 3. The predicted molar refractivity (Wildman–Crippen MR) is 116 cm³/mol. The predicted octanol–water partition coefficient (Wildman–Crippen LogP) is 2.22. The lowest BCUT2D eigenvalue weighted by Gasteiger charge is -2.36. The lowest BCUT2D eigenvalue weighted by molar-refractivity contribution is -0.384. The van der Waals surface area contributed by atoms with Crippen molar-refractivity contribution < 1.29 is 23.9 Å². The fourth-order valence-corrected chi connectivity index (χ4v) is 4.45. The highest BCUT2D eigenvalue weighted by atomic mass is 16.6. The van der Waals surface area contributed by atoms with Gasteiger partial charge in [0, 0.05) is 35.6 Å². The van der Waals surface area contributed by atoms with Crippen LogP contribution in [0.25, 0.3) is 0 Å². The van der Waals surface area contributed by atoms with Gasteiger partial charge in [-0.3, -0.25) is 10.1 Å². The summed E-state index contributed by atoms with van der Waals surface area (Å²) in [5.74, 6) is 0.573. The van der Waals surface area contributed by atoms with Crippen molar-refractivity contribution in [3.63, 3.8) is 0 Å². The number of allylic oxidation sites excluding steroid dienone is 1. The van der Waals surface area contributed by atoms with Crippen LogP contribution >= 0.6 is 0 Å². The first-order valence-electron chi connectivity index (χ1n) is 10.0. The first-order valence-corrected chi connectivity index (χ1v) is 10.0. The standard InChI is InChI=1S/C22H23N5O6/c1-30-15-9-17(32-3)16(31-2)8-13(15)18-14(10-23)21(24)33-22-19(18)20(25-26-22)11-4-6-12(7-5-11)27(28)29/h4-9,18-20,22,25-26H,24H2,1-3H3. The summed E-state index contributed by atoms with van der Waals surface area (Å²) in [6.45, 7) is 0. The van der Waals surface area contributed by atoms with Crippen LogP contribution in [0.5, 0.6) is 17.2 Å². The Labute approximate surface area is 189 Å². The number of nitrogens with two attached hydrogens (primary N) is 1. The number of nitro groups is 1. The van der Waals surface area contributed by atoms with Crippen LogP contribution in [0.3, 0.4) is 0 Å². The van der Waals surface area contributed by atoms with Gasteiger partial charge in [0.15, 0.2) is 17.7 Å². The Kier molecular flexibility index (Phi) is 5.95. The third-order valence-corrected chi connectivity index (χ3v) is 5.99. The number of rotatable bonds is 6. The molecule has 0 saturated carbocycles. The Balaban J connectivity index is 1.86. The van der Waals surface area contributed by atoms with E-state index in [4.69, 9.17) is 24.7 Å². The molecular formula is C22H23N5O6. The van der Waals surface area contributed by atoms with Gasteiger partial charge in [0.1, 0.15) is 11.8 Å².